The molecule has 5 nitrogen and oxygen atoms in total. The molecule has 0 fully saturated rings. The molecule has 2 aromatic carbocycles. The van der Waals surface area contributed by atoms with Crippen LogP contribution in [0, 0.1) is 0 Å². The van der Waals surface area contributed by atoms with Crippen LogP contribution in [-0.4, -0.2) is 26.2 Å². The Bertz CT molecular complexity index is 819. The summed E-state index contributed by atoms with van der Waals surface area (Å²) in [6, 6.07) is 8.41. The first-order chi connectivity index (χ1) is 12.1. The Morgan fingerprint density at radius 3 is 2.80 bits per heavy atom. The molecule has 1 amide bonds. The van der Waals surface area contributed by atoms with Gasteiger partial charge in [0.2, 0.25) is 11.7 Å². The minimum atomic E-state index is -0.335. The Kier molecular flexibility index (Phi) is 5.36. The maximum Gasteiger partial charge on any atom is 0.248 e. The van der Waals surface area contributed by atoms with Crippen LogP contribution in [-0.2, 0) is 4.79 Å². The van der Waals surface area contributed by atoms with Gasteiger partial charge in [-0.2, -0.15) is 0 Å². The zero-order valence-electron chi connectivity index (χ0n) is 13.3. The van der Waals surface area contributed by atoms with Crippen molar-refractivity contribution < 1.29 is 19.0 Å². The maximum absolute atomic E-state index is 12.1. The molecule has 0 aromatic heterocycles. The van der Waals surface area contributed by atoms with E-state index in [1.807, 2.05) is 0 Å². The molecule has 0 saturated heterocycles. The molecule has 25 heavy (non-hydrogen) atoms. The summed E-state index contributed by atoms with van der Waals surface area (Å²) >= 11 is 11.9. The molecule has 0 bridgehead atoms. The summed E-state index contributed by atoms with van der Waals surface area (Å²) in [6.45, 7) is 0.943. The highest BCUT2D eigenvalue weighted by Crippen LogP contribution is 2.40. The molecule has 0 unspecified atom stereocenters. The fraction of sp³-hybridized carbons (Fsp3) is 0.167. The molecule has 0 atom stereocenters. The van der Waals surface area contributed by atoms with Crippen molar-refractivity contribution in [3.05, 3.63) is 52.0 Å². The van der Waals surface area contributed by atoms with E-state index in [-0.39, 0.29) is 5.91 Å². The van der Waals surface area contributed by atoms with Crippen molar-refractivity contribution >= 4 is 40.9 Å². The molecule has 1 aliphatic heterocycles. The van der Waals surface area contributed by atoms with Crippen LogP contribution in [0.25, 0.3) is 6.08 Å². The van der Waals surface area contributed by atoms with Crippen molar-refractivity contribution in [2.45, 2.75) is 0 Å². The highest BCUT2D eigenvalue weighted by molar-refractivity contribution is 6.35. The average molecular weight is 380 g/mol. The molecular formula is C18H15Cl2NO4. The molecule has 0 spiro atoms. The van der Waals surface area contributed by atoms with Gasteiger partial charge in [0.1, 0.15) is 13.2 Å². The van der Waals surface area contributed by atoms with Crippen molar-refractivity contribution in [2.24, 2.45) is 0 Å². The third kappa shape index (κ3) is 4.18. The molecule has 2 aromatic rings. The number of fused-ring (bicyclic) bond motifs is 1. The highest BCUT2D eigenvalue weighted by atomic mass is 35.5. The van der Waals surface area contributed by atoms with Gasteiger partial charge in [-0.25, -0.2) is 0 Å². The van der Waals surface area contributed by atoms with Crippen molar-refractivity contribution in [3.8, 4) is 17.2 Å². The third-order valence-corrected chi connectivity index (χ3v) is 4.03. The minimum Gasteiger partial charge on any atom is -0.493 e. The lowest BCUT2D eigenvalue weighted by molar-refractivity contribution is -0.111. The Morgan fingerprint density at radius 2 is 2.00 bits per heavy atom. The Morgan fingerprint density at radius 1 is 1.20 bits per heavy atom. The van der Waals surface area contributed by atoms with Crippen LogP contribution in [0.4, 0.5) is 5.69 Å². The molecule has 0 aliphatic carbocycles. The van der Waals surface area contributed by atoms with Crippen molar-refractivity contribution in [1.29, 1.82) is 0 Å². The lowest BCUT2D eigenvalue weighted by Crippen LogP contribution is -2.16. The van der Waals surface area contributed by atoms with Gasteiger partial charge in [0.05, 0.1) is 17.8 Å². The van der Waals surface area contributed by atoms with E-state index in [1.54, 1.807) is 43.5 Å². The van der Waals surface area contributed by atoms with Crippen LogP contribution in [0.2, 0.25) is 10.0 Å². The molecule has 130 valence electrons. The van der Waals surface area contributed by atoms with Gasteiger partial charge in [-0.1, -0.05) is 23.2 Å². The van der Waals surface area contributed by atoms with Crippen LogP contribution in [0.1, 0.15) is 5.56 Å². The summed E-state index contributed by atoms with van der Waals surface area (Å²) < 4.78 is 16.4. The number of rotatable bonds is 4. The Labute approximate surface area is 155 Å². The molecule has 0 saturated carbocycles. The predicted molar refractivity (Wildman–Crippen MR) is 98.1 cm³/mol. The van der Waals surface area contributed by atoms with Crippen LogP contribution in [0.15, 0.2) is 36.4 Å². The number of carbonyl (C=O) groups excluding carboxylic acids is 1. The first-order valence-corrected chi connectivity index (χ1v) is 8.24. The van der Waals surface area contributed by atoms with Gasteiger partial charge in [0.15, 0.2) is 11.5 Å². The summed E-state index contributed by atoms with van der Waals surface area (Å²) in [5.41, 5.74) is 1.19. The largest absolute Gasteiger partial charge is 0.493 e. The van der Waals surface area contributed by atoms with Crippen LogP contribution in [0.3, 0.4) is 0 Å². The van der Waals surface area contributed by atoms with E-state index in [2.05, 4.69) is 5.32 Å². The number of nitrogens with one attached hydrogen (secondary N) is 1. The number of benzene rings is 2. The second kappa shape index (κ2) is 7.68. The quantitative estimate of drug-likeness (QED) is 0.798. The SMILES string of the molecule is COc1cc(/C=C/C(=O)Nc2cc(Cl)ccc2Cl)cc2c1OCCO2. The van der Waals surface area contributed by atoms with E-state index in [9.17, 15) is 4.79 Å². The predicted octanol–water partition coefficient (Wildman–Crippen LogP) is 4.43. The molecule has 1 heterocycles. The first kappa shape index (κ1) is 17.5. The first-order valence-electron chi connectivity index (χ1n) is 7.48. The summed E-state index contributed by atoms with van der Waals surface area (Å²) in [5, 5.41) is 3.58. The molecule has 1 aliphatic rings. The molecular weight excluding hydrogens is 365 g/mol. The summed E-state index contributed by atoms with van der Waals surface area (Å²) in [4.78, 5) is 12.1. The smallest absolute Gasteiger partial charge is 0.248 e. The van der Waals surface area contributed by atoms with E-state index >= 15 is 0 Å². The second-order valence-electron chi connectivity index (χ2n) is 5.19. The molecule has 7 heteroatoms. The number of halogens is 2. The maximum atomic E-state index is 12.1. The normalized spacial score (nSPS) is 12.9. The monoisotopic (exact) mass is 379 g/mol. The average Bonchev–Trinajstić information content (AvgIpc) is 2.62. The lowest BCUT2D eigenvalue weighted by Gasteiger charge is -2.20. The van der Waals surface area contributed by atoms with Gasteiger partial charge < -0.3 is 19.5 Å². The van der Waals surface area contributed by atoms with E-state index in [4.69, 9.17) is 37.4 Å². The van der Waals surface area contributed by atoms with Gasteiger partial charge in [0.25, 0.3) is 0 Å². The summed E-state index contributed by atoms with van der Waals surface area (Å²) in [7, 11) is 1.55. The number of hydrogen-bond acceptors (Lipinski definition) is 4. The molecule has 1 N–H and O–H groups in total. The Balaban J connectivity index is 1.77. The Hall–Kier alpha value is -2.37. The lowest BCUT2D eigenvalue weighted by atomic mass is 10.1. The summed E-state index contributed by atoms with van der Waals surface area (Å²) in [6.07, 6.45) is 3.04. The fourth-order valence-corrected chi connectivity index (χ4v) is 2.67. The topological polar surface area (TPSA) is 56.8 Å². The van der Waals surface area contributed by atoms with Crippen molar-refractivity contribution in [1.82, 2.24) is 0 Å². The third-order valence-electron chi connectivity index (χ3n) is 3.46. The second-order valence-corrected chi connectivity index (χ2v) is 6.04. The van der Waals surface area contributed by atoms with Crippen LogP contribution >= 0.6 is 23.2 Å². The number of anilines is 1. The highest BCUT2D eigenvalue weighted by Gasteiger charge is 2.17. The van der Waals surface area contributed by atoms with Crippen molar-refractivity contribution in [2.75, 3.05) is 25.6 Å². The zero-order valence-corrected chi connectivity index (χ0v) is 14.9. The van der Waals surface area contributed by atoms with Gasteiger partial charge in [0, 0.05) is 11.1 Å². The number of hydrogen-bond donors (Lipinski definition) is 1. The van der Waals surface area contributed by atoms with E-state index in [0.29, 0.717) is 46.2 Å². The van der Waals surface area contributed by atoms with Gasteiger partial charge in [-0.05, 0) is 42.0 Å². The number of amides is 1. The fourth-order valence-electron chi connectivity index (χ4n) is 2.33. The van der Waals surface area contributed by atoms with E-state index in [0.717, 1.165) is 5.56 Å². The van der Waals surface area contributed by atoms with Gasteiger partial charge in [-0.3, -0.25) is 4.79 Å². The number of ether oxygens (including phenoxy) is 3. The van der Waals surface area contributed by atoms with Crippen LogP contribution < -0.4 is 19.5 Å². The van der Waals surface area contributed by atoms with Gasteiger partial charge >= 0.3 is 0 Å². The van der Waals surface area contributed by atoms with E-state index < -0.39 is 0 Å². The molecule has 3 rings (SSSR count). The van der Waals surface area contributed by atoms with Crippen LogP contribution in [0.5, 0.6) is 17.2 Å². The minimum absolute atomic E-state index is 0.335. The zero-order chi connectivity index (χ0) is 17.8. The molecule has 0 radical (unpaired) electrons. The van der Waals surface area contributed by atoms with Gasteiger partial charge in [-0.15, -0.1) is 0 Å². The standard InChI is InChI=1S/C18H15Cl2NO4/c1-23-15-8-11(9-16-18(15)25-7-6-24-16)2-5-17(22)21-14-10-12(19)3-4-13(14)20/h2-5,8-10H,6-7H2,1H3,(H,21,22)/b5-2+. The number of methoxy groups -OCH3 is 1. The van der Waals surface area contributed by atoms with E-state index in [1.165, 1.54) is 6.08 Å². The van der Waals surface area contributed by atoms with Crippen molar-refractivity contribution in [3.63, 3.8) is 0 Å². The summed E-state index contributed by atoms with van der Waals surface area (Å²) in [5.74, 6) is 1.37. The number of carbonyl (C=O) groups is 1.